The van der Waals surface area contributed by atoms with Crippen molar-refractivity contribution in [1.82, 2.24) is 0 Å². The van der Waals surface area contributed by atoms with E-state index in [1.807, 2.05) is 6.92 Å². The van der Waals surface area contributed by atoms with E-state index in [1.165, 1.54) is 37.3 Å². The van der Waals surface area contributed by atoms with Crippen molar-refractivity contribution in [3.8, 4) is 0 Å². The summed E-state index contributed by atoms with van der Waals surface area (Å²) in [7, 11) is -3.78. The van der Waals surface area contributed by atoms with E-state index in [-0.39, 0.29) is 4.90 Å². The van der Waals surface area contributed by atoms with Crippen molar-refractivity contribution in [2.24, 2.45) is 5.14 Å². The second-order valence-corrected chi connectivity index (χ2v) is 6.01. The SMILES string of the molecule is CC/C=C/C(=O)O[C@H](C)C(=O)Nc1ccc(S(N)(=O)=O)cc1. The van der Waals surface area contributed by atoms with Gasteiger partial charge in [0.25, 0.3) is 5.91 Å². The van der Waals surface area contributed by atoms with E-state index in [0.717, 1.165) is 0 Å². The lowest BCUT2D eigenvalue weighted by Gasteiger charge is -2.12. The van der Waals surface area contributed by atoms with Gasteiger partial charge in [-0.15, -0.1) is 0 Å². The number of amides is 1. The number of hydrogen-bond acceptors (Lipinski definition) is 5. The molecule has 1 amide bonds. The second kappa shape index (κ2) is 7.71. The van der Waals surface area contributed by atoms with E-state index >= 15 is 0 Å². The molecule has 120 valence electrons. The van der Waals surface area contributed by atoms with E-state index in [1.54, 1.807) is 6.08 Å². The first-order chi connectivity index (χ1) is 10.2. The number of sulfonamides is 1. The molecule has 0 bridgehead atoms. The predicted octanol–water partition coefficient (Wildman–Crippen LogP) is 1.17. The molecule has 1 rings (SSSR count). The molecule has 0 aliphatic heterocycles. The molecule has 3 N–H and O–H groups in total. The Labute approximate surface area is 129 Å². The normalized spacial score (nSPS) is 12.9. The fourth-order valence-electron chi connectivity index (χ4n) is 1.45. The molecule has 0 radical (unpaired) electrons. The van der Waals surface area contributed by atoms with Crippen LogP contribution < -0.4 is 10.5 Å². The molecular weight excluding hydrogens is 308 g/mol. The molecule has 22 heavy (non-hydrogen) atoms. The number of primary sulfonamides is 1. The van der Waals surface area contributed by atoms with Gasteiger partial charge in [0, 0.05) is 11.8 Å². The predicted molar refractivity (Wildman–Crippen MR) is 81.4 cm³/mol. The van der Waals surface area contributed by atoms with E-state index < -0.39 is 28.0 Å². The maximum absolute atomic E-state index is 11.8. The summed E-state index contributed by atoms with van der Waals surface area (Å²) in [6.45, 7) is 3.30. The van der Waals surface area contributed by atoms with Crippen LogP contribution in [0.25, 0.3) is 0 Å². The van der Waals surface area contributed by atoms with Crippen molar-refractivity contribution >= 4 is 27.6 Å². The zero-order valence-electron chi connectivity index (χ0n) is 12.3. The fourth-order valence-corrected chi connectivity index (χ4v) is 1.97. The molecule has 0 aliphatic rings. The summed E-state index contributed by atoms with van der Waals surface area (Å²) < 4.78 is 27.1. The highest BCUT2D eigenvalue weighted by Gasteiger charge is 2.17. The Morgan fingerprint density at radius 3 is 2.41 bits per heavy atom. The van der Waals surface area contributed by atoms with Gasteiger partial charge in [-0.3, -0.25) is 4.79 Å². The van der Waals surface area contributed by atoms with Gasteiger partial charge < -0.3 is 10.1 Å². The molecule has 1 atom stereocenters. The average molecular weight is 326 g/mol. The molecule has 1 aromatic carbocycles. The van der Waals surface area contributed by atoms with Gasteiger partial charge in [0.15, 0.2) is 6.10 Å². The van der Waals surface area contributed by atoms with Crippen LogP contribution in [0.1, 0.15) is 20.3 Å². The lowest BCUT2D eigenvalue weighted by molar-refractivity contribution is -0.148. The smallest absolute Gasteiger partial charge is 0.331 e. The molecule has 0 aliphatic carbocycles. The molecule has 7 nitrogen and oxygen atoms in total. The lowest BCUT2D eigenvalue weighted by atomic mass is 10.3. The summed E-state index contributed by atoms with van der Waals surface area (Å²) in [6.07, 6.45) is 2.59. The summed E-state index contributed by atoms with van der Waals surface area (Å²) in [4.78, 5) is 23.1. The fraction of sp³-hybridized carbons (Fsp3) is 0.286. The summed E-state index contributed by atoms with van der Waals surface area (Å²) in [6, 6.07) is 5.32. The minimum Gasteiger partial charge on any atom is -0.449 e. The van der Waals surface area contributed by atoms with Crippen molar-refractivity contribution in [3.05, 3.63) is 36.4 Å². The quantitative estimate of drug-likeness (QED) is 0.601. The molecule has 0 heterocycles. The number of carbonyl (C=O) groups is 2. The highest BCUT2D eigenvalue weighted by Crippen LogP contribution is 2.13. The Morgan fingerprint density at radius 2 is 1.91 bits per heavy atom. The number of nitrogens with one attached hydrogen (secondary N) is 1. The Morgan fingerprint density at radius 1 is 1.32 bits per heavy atom. The van der Waals surface area contributed by atoms with E-state index in [4.69, 9.17) is 9.88 Å². The summed E-state index contributed by atoms with van der Waals surface area (Å²) in [5.41, 5.74) is 0.365. The van der Waals surface area contributed by atoms with Crippen molar-refractivity contribution in [1.29, 1.82) is 0 Å². The number of esters is 1. The van der Waals surface area contributed by atoms with Crippen molar-refractivity contribution in [2.75, 3.05) is 5.32 Å². The number of rotatable bonds is 6. The Kier molecular flexibility index (Phi) is 6.26. The Hall–Kier alpha value is -2.19. The number of nitrogens with two attached hydrogens (primary N) is 1. The van der Waals surface area contributed by atoms with Crippen molar-refractivity contribution in [3.63, 3.8) is 0 Å². The minimum atomic E-state index is -3.78. The van der Waals surface area contributed by atoms with Gasteiger partial charge in [0.05, 0.1) is 4.90 Å². The number of hydrogen-bond donors (Lipinski definition) is 2. The highest BCUT2D eigenvalue weighted by atomic mass is 32.2. The average Bonchev–Trinajstić information content (AvgIpc) is 2.44. The van der Waals surface area contributed by atoms with Crippen LogP contribution >= 0.6 is 0 Å². The molecule has 0 saturated carbocycles. The van der Waals surface area contributed by atoms with E-state index in [2.05, 4.69) is 5.32 Å². The first-order valence-corrected chi connectivity index (χ1v) is 8.09. The zero-order chi connectivity index (χ0) is 16.8. The third kappa shape index (κ3) is 5.66. The molecule has 0 fully saturated rings. The van der Waals surface area contributed by atoms with Crippen LogP contribution in [0.5, 0.6) is 0 Å². The van der Waals surface area contributed by atoms with Gasteiger partial charge in [-0.2, -0.15) is 0 Å². The van der Waals surface area contributed by atoms with Crippen molar-refractivity contribution in [2.45, 2.75) is 31.3 Å². The number of allylic oxidation sites excluding steroid dienone is 1. The number of anilines is 1. The largest absolute Gasteiger partial charge is 0.449 e. The van der Waals surface area contributed by atoms with Gasteiger partial charge in [-0.1, -0.05) is 13.0 Å². The molecule has 8 heteroatoms. The summed E-state index contributed by atoms with van der Waals surface area (Å²) in [5.74, 6) is -1.13. The number of ether oxygens (including phenoxy) is 1. The van der Waals surface area contributed by atoms with Gasteiger partial charge in [-0.25, -0.2) is 18.4 Å². The third-order valence-corrected chi connectivity index (χ3v) is 3.53. The van der Waals surface area contributed by atoms with E-state index in [9.17, 15) is 18.0 Å². The van der Waals surface area contributed by atoms with Crippen LogP contribution in [0.4, 0.5) is 5.69 Å². The number of benzene rings is 1. The second-order valence-electron chi connectivity index (χ2n) is 4.45. The molecule has 0 unspecified atom stereocenters. The first kappa shape index (κ1) is 17.9. The molecule has 0 saturated heterocycles. The Balaban J connectivity index is 2.64. The van der Waals surface area contributed by atoms with Crippen molar-refractivity contribution < 1.29 is 22.7 Å². The third-order valence-electron chi connectivity index (χ3n) is 2.60. The van der Waals surface area contributed by atoms with Gasteiger partial charge in [0.1, 0.15) is 0 Å². The number of carbonyl (C=O) groups excluding carboxylic acids is 2. The zero-order valence-corrected chi connectivity index (χ0v) is 13.1. The van der Waals surface area contributed by atoms with Crippen LogP contribution in [-0.4, -0.2) is 26.4 Å². The Bertz CT molecular complexity index is 665. The maximum Gasteiger partial charge on any atom is 0.331 e. The van der Waals surface area contributed by atoms with Crippen LogP contribution in [0.2, 0.25) is 0 Å². The van der Waals surface area contributed by atoms with Crippen LogP contribution in [0, 0.1) is 0 Å². The van der Waals surface area contributed by atoms with Gasteiger partial charge in [-0.05, 0) is 37.6 Å². The summed E-state index contributed by atoms with van der Waals surface area (Å²) in [5, 5.41) is 7.48. The van der Waals surface area contributed by atoms with Crippen LogP contribution in [-0.2, 0) is 24.3 Å². The molecular formula is C14H18N2O5S. The highest BCUT2D eigenvalue weighted by molar-refractivity contribution is 7.89. The van der Waals surface area contributed by atoms with Gasteiger partial charge in [0.2, 0.25) is 10.0 Å². The van der Waals surface area contributed by atoms with Crippen LogP contribution in [0.3, 0.4) is 0 Å². The minimum absolute atomic E-state index is 0.0605. The monoisotopic (exact) mass is 326 g/mol. The van der Waals surface area contributed by atoms with Gasteiger partial charge >= 0.3 is 5.97 Å². The molecule has 1 aromatic rings. The maximum atomic E-state index is 11.8. The molecule has 0 aromatic heterocycles. The van der Waals surface area contributed by atoms with Crippen LogP contribution in [0.15, 0.2) is 41.3 Å². The lowest BCUT2D eigenvalue weighted by Crippen LogP contribution is -2.29. The standard InChI is InChI=1S/C14H18N2O5S/c1-3-4-5-13(17)21-10(2)14(18)16-11-6-8-12(9-7-11)22(15,19)20/h4-10H,3H2,1-2H3,(H,16,18)(H2,15,19,20)/b5-4+/t10-/m1/s1. The van der Waals surface area contributed by atoms with E-state index in [0.29, 0.717) is 12.1 Å². The topological polar surface area (TPSA) is 116 Å². The first-order valence-electron chi connectivity index (χ1n) is 6.55. The molecule has 0 spiro atoms. The summed E-state index contributed by atoms with van der Waals surface area (Å²) >= 11 is 0.